The minimum absolute atomic E-state index is 0.575. The Morgan fingerprint density at radius 3 is 2.48 bits per heavy atom. The molecule has 0 saturated carbocycles. The zero-order chi connectivity index (χ0) is 14.8. The maximum Gasteiger partial charge on any atom is 0.153 e. The van der Waals surface area contributed by atoms with Gasteiger partial charge in [-0.25, -0.2) is 4.98 Å². The van der Waals surface area contributed by atoms with E-state index in [9.17, 15) is 0 Å². The molecule has 2 aromatic carbocycles. The monoisotopic (exact) mass is 317 g/mol. The molecule has 4 heteroatoms. The highest BCUT2D eigenvalue weighted by Gasteiger charge is 2.13. The highest BCUT2D eigenvalue weighted by molar-refractivity contribution is 6.42. The first-order valence-electron chi connectivity index (χ1n) is 6.69. The highest BCUT2D eigenvalue weighted by atomic mass is 35.5. The second-order valence-corrected chi connectivity index (χ2v) is 5.45. The summed E-state index contributed by atoms with van der Waals surface area (Å²) in [7, 11) is 0. The Hall–Kier alpha value is -1.77. The molecular formula is C17H13Cl2NO. The topological polar surface area (TPSA) is 22.1 Å². The first-order valence-corrected chi connectivity index (χ1v) is 7.45. The van der Waals surface area contributed by atoms with Gasteiger partial charge in [-0.2, -0.15) is 0 Å². The summed E-state index contributed by atoms with van der Waals surface area (Å²) in [5, 5.41) is 1.90. The quantitative estimate of drug-likeness (QED) is 0.600. The SMILES string of the molecule is CCc1cc(Cl)c2c(Cl)ccc(Oc3ccccc3)c2n1. The third kappa shape index (κ3) is 2.82. The van der Waals surface area contributed by atoms with Crippen LogP contribution in [0.2, 0.25) is 10.0 Å². The number of aryl methyl sites for hydroxylation is 1. The minimum atomic E-state index is 0.575. The Balaban J connectivity index is 2.19. The molecule has 106 valence electrons. The molecule has 0 spiro atoms. The van der Waals surface area contributed by atoms with Crippen LogP contribution in [-0.4, -0.2) is 4.98 Å². The average molecular weight is 318 g/mol. The fraction of sp³-hybridized carbons (Fsp3) is 0.118. The number of aromatic nitrogens is 1. The van der Waals surface area contributed by atoms with E-state index in [2.05, 4.69) is 4.98 Å². The van der Waals surface area contributed by atoms with E-state index < -0.39 is 0 Å². The molecule has 0 fully saturated rings. The molecule has 0 aliphatic carbocycles. The lowest BCUT2D eigenvalue weighted by atomic mass is 10.1. The number of benzene rings is 2. The molecular weight excluding hydrogens is 305 g/mol. The van der Waals surface area contributed by atoms with E-state index in [4.69, 9.17) is 27.9 Å². The van der Waals surface area contributed by atoms with Gasteiger partial charge < -0.3 is 4.74 Å². The molecule has 3 aromatic rings. The molecule has 3 rings (SSSR count). The van der Waals surface area contributed by atoms with Crippen LogP contribution < -0.4 is 4.74 Å². The third-order valence-electron chi connectivity index (χ3n) is 3.21. The summed E-state index contributed by atoms with van der Waals surface area (Å²) in [6.45, 7) is 2.03. The van der Waals surface area contributed by atoms with Gasteiger partial charge in [0, 0.05) is 11.1 Å². The van der Waals surface area contributed by atoms with Crippen molar-refractivity contribution >= 4 is 34.1 Å². The average Bonchev–Trinajstić information content (AvgIpc) is 2.50. The molecule has 0 N–H and O–H groups in total. The number of para-hydroxylation sites is 1. The van der Waals surface area contributed by atoms with Crippen LogP contribution in [0.25, 0.3) is 10.9 Å². The van der Waals surface area contributed by atoms with Crippen LogP contribution in [-0.2, 0) is 6.42 Å². The Labute approximate surface area is 133 Å². The molecule has 21 heavy (non-hydrogen) atoms. The Morgan fingerprint density at radius 1 is 1.00 bits per heavy atom. The fourth-order valence-corrected chi connectivity index (χ4v) is 2.78. The van der Waals surface area contributed by atoms with E-state index in [1.165, 1.54) is 0 Å². The van der Waals surface area contributed by atoms with Gasteiger partial charge in [0.25, 0.3) is 0 Å². The van der Waals surface area contributed by atoms with Gasteiger partial charge in [0.1, 0.15) is 11.3 Å². The molecule has 0 atom stereocenters. The van der Waals surface area contributed by atoms with E-state index in [-0.39, 0.29) is 0 Å². The van der Waals surface area contributed by atoms with Gasteiger partial charge in [0.05, 0.1) is 10.0 Å². The van der Waals surface area contributed by atoms with E-state index >= 15 is 0 Å². The maximum absolute atomic E-state index is 6.34. The van der Waals surface area contributed by atoms with Crippen molar-refractivity contribution < 1.29 is 4.74 Å². The molecule has 0 bridgehead atoms. The number of rotatable bonds is 3. The van der Waals surface area contributed by atoms with Gasteiger partial charge in [-0.05, 0) is 36.8 Å². The predicted octanol–water partition coefficient (Wildman–Crippen LogP) is 5.90. The largest absolute Gasteiger partial charge is 0.455 e. The molecule has 0 amide bonds. The second kappa shape index (κ2) is 5.92. The lowest BCUT2D eigenvalue weighted by Crippen LogP contribution is -1.93. The van der Waals surface area contributed by atoms with Crippen LogP contribution in [0.5, 0.6) is 11.5 Å². The highest BCUT2D eigenvalue weighted by Crippen LogP contribution is 2.37. The maximum atomic E-state index is 6.34. The lowest BCUT2D eigenvalue weighted by Gasteiger charge is -2.11. The molecule has 0 radical (unpaired) electrons. The summed E-state index contributed by atoms with van der Waals surface area (Å²) in [6.07, 6.45) is 0.799. The fourth-order valence-electron chi connectivity index (χ4n) is 2.16. The smallest absolute Gasteiger partial charge is 0.153 e. The van der Waals surface area contributed by atoms with Crippen LogP contribution in [0.15, 0.2) is 48.5 Å². The van der Waals surface area contributed by atoms with Crippen LogP contribution in [0, 0.1) is 0 Å². The zero-order valence-corrected chi connectivity index (χ0v) is 12.9. The number of nitrogens with zero attached hydrogens (tertiary/aromatic N) is 1. The summed E-state index contributed by atoms with van der Waals surface area (Å²) in [4.78, 5) is 4.62. The predicted molar refractivity (Wildman–Crippen MR) is 87.7 cm³/mol. The number of pyridine rings is 1. The summed E-state index contributed by atoms with van der Waals surface area (Å²) in [6, 6.07) is 15.0. The minimum Gasteiger partial charge on any atom is -0.455 e. The van der Waals surface area contributed by atoms with Gasteiger partial charge in [0.2, 0.25) is 0 Å². The zero-order valence-electron chi connectivity index (χ0n) is 11.4. The number of fused-ring (bicyclic) bond motifs is 1. The van der Waals surface area contributed by atoms with Crippen LogP contribution in [0.1, 0.15) is 12.6 Å². The number of halogens is 2. The van der Waals surface area contributed by atoms with Gasteiger partial charge in [0.15, 0.2) is 5.75 Å². The lowest BCUT2D eigenvalue weighted by molar-refractivity contribution is 0.487. The van der Waals surface area contributed by atoms with Gasteiger partial charge in [-0.15, -0.1) is 0 Å². The van der Waals surface area contributed by atoms with E-state index in [0.29, 0.717) is 21.3 Å². The van der Waals surface area contributed by atoms with Crippen molar-refractivity contribution in [1.29, 1.82) is 0 Å². The van der Waals surface area contributed by atoms with Crippen LogP contribution in [0.4, 0.5) is 0 Å². The van der Waals surface area contributed by atoms with Crippen molar-refractivity contribution in [3.8, 4) is 11.5 Å². The molecule has 2 nitrogen and oxygen atoms in total. The van der Waals surface area contributed by atoms with Crippen LogP contribution >= 0.6 is 23.2 Å². The van der Waals surface area contributed by atoms with E-state index in [1.54, 1.807) is 6.07 Å². The molecule has 1 heterocycles. The van der Waals surface area contributed by atoms with Crippen molar-refractivity contribution in [2.45, 2.75) is 13.3 Å². The molecule has 1 aromatic heterocycles. The Bertz CT molecular complexity index is 788. The summed E-state index contributed by atoms with van der Waals surface area (Å²) < 4.78 is 5.92. The van der Waals surface area contributed by atoms with Gasteiger partial charge in [-0.1, -0.05) is 48.3 Å². The first-order chi connectivity index (χ1) is 10.2. The van der Waals surface area contributed by atoms with Gasteiger partial charge >= 0.3 is 0 Å². The number of hydrogen-bond donors (Lipinski definition) is 0. The van der Waals surface area contributed by atoms with Crippen molar-refractivity contribution in [3.05, 3.63) is 64.3 Å². The summed E-state index contributed by atoms with van der Waals surface area (Å²) in [5.41, 5.74) is 1.60. The van der Waals surface area contributed by atoms with Crippen molar-refractivity contribution in [2.75, 3.05) is 0 Å². The molecule has 0 aliphatic heterocycles. The van der Waals surface area contributed by atoms with E-state index in [0.717, 1.165) is 23.3 Å². The van der Waals surface area contributed by atoms with E-state index in [1.807, 2.05) is 49.4 Å². The summed E-state index contributed by atoms with van der Waals surface area (Å²) in [5.74, 6) is 1.40. The molecule has 0 unspecified atom stereocenters. The summed E-state index contributed by atoms with van der Waals surface area (Å²) >= 11 is 12.6. The molecule has 0 aliphatic rings. The van der Waals surface area contributed by atoms with Crippen LogP contribution in [0.3, 0.4) is 0 Å². The number of hydrogen-bond acceptors (Lipinski definition) is 2. The first kappa shape index (κ1) is 14.2. The third-order valence-corrected chi connectivity index (χ3v) is 3.82. The van der Waals surface area contributed by atoms with Crippen molar-refractivity contribution in [1.82, 2.24) is 4.98 Å². The normalized spacial score (nSPS) is 10.8. The van der Waals surface area contributed by atoms with Crippen molar-refractivity contribution in [2.24, 2.45) is 0 Å². The number of ether oxygens (including phenoxy) is 1. The second-order valence-electron chi connectivity index (χ2n) is 4.63. The Morgan fingerprint density at radius 2 is 1.76 bits per heavy atom. The van der Waals surface area contributed by atoms with Gasteiger partial charge in [-0.3, -0.25) is 0 Å². The standard InChI is InChI=1S/C17H13Cl2NO/c1-2-11-10-14(19)16-13(18)8-9-15(17(16)20-11)21-12-6-4-3-5-7-12/h3-10H,2H2,1H3. The molecule has 0 saturated heterocycles. The van der Waals surface area contributed by atoms with Crippen molar-refractivity contribution in [3.63, 3.8) is 0 Å². The Kier molecular flexibility index (Phi) is 4.00.